The summed E-state index contributed by atoms with van der Waals surface area (Å²) in [5.74, 6) is 2.52. The van der Waals surface area contributed by atoms with Gasteiger partial charge in [0.25, 0.3) is 0 Å². The van der Waals surface area contributed by atoms with Gasteiger partial charge in [0.15, 0.2) is 0 Å². The van der Waals surface area contributed by atoms with Crippen LogP contribution in [0.3, 0.4) is 0 Å². The number of fused-ring (bicyclic) bond motifs is 2. The average molecular weight is 1080 g/mol. The number of ether oxygens (including phenoxy) is 1. The molecule has 10 rings (SSSR count). The third kappa shape index (κ3) is 13.4. The number of benzene rings is 7. The fourth-order valence-electron chi connectivity index (χ4n) is 7.33. The number of alkyl halides is 1. The molecule has 0 fully saturated rings. The number of rotatable bonds is 12. The van der Waals surface area contributed by atoms with Crippen molar-refractivity contribution < 1.29 is 24.8 Å². The number of nitrogens with zero attached hydrogens (tertiary/aromatic N) is 3. The third-order valence-electron chi connectivity index (χ3n) is 10.7. The number of para-hydroxylation sites is 2. The molecule has 7 aromatic carbocycles. The molecule has 0 aliphatic rings. The van der Waals surface area contributed by atoms with Gasteiger partial charge in [-0.25, -0.2) is 0 Å². The van der Waals surface area contributed by atoms with E-state index < -0.39 is 0 Å². The predicted octanol–water partition coefficient (Wildman–Crippen LogP) is 15.8. The first-order valence-corrected chi connectivity index (χ1v) is 23.6. The van der Waals surface area contributed by atoms with E-state index in [1.807, 2.05) is 121 Å². The Kier molecular flexibility index (Phi) is 17.4. The van der Waals surface area contributed by atoms with Crippen LogP contribution < -0.4 is 4.74 Å². The van der Waals surface area contributed by atoms with Crippen molar-refractivity contribution in [3.05, 3.63) is 229 Å². The van der Waals surface area contributed by atoms with E-state index in [1.165, 1.54) is 26.1 Å². The van der Waals surface area contributed by atoms with Crippen molar-refractivity contribution in [2.24, 2.45) is 5.92 Å². The molecule has 0 N–H and O–H groups in total. The Morgan fingerprint density at radius 2 is 1.12 bits per heavy atom. The van der Waals surface area contributed by atoms with Crippen molar-refractivity contribution in [2.75, 3.05) is 0 Å². The Hall–Kier alpha value is -5.79. The minimum absolute atomic E-state index is 0. The number of pyridine rings is 1. The van der Waals surface area contributed by atoms with Gasteiger partial charge in [-0.3, -0.25) is 9.97 Å². The largest absolute Gasteiger partial charge is 3.00 e. The maximum absolute atomic E-state index is 6.05. The molecule has 0 saturated heterocycles. The van der Waals surface area contributed by atoms with Crippen LogP contribution >= 0.6 is 34.3 Å². The monoisotopic (exact) mass is 1080 g/mol. The molecule has 8 heteroatoms. The van der Waals surface area contributed by atoms with E-state index in [-0.39, 0.29) is 20.1 Å². The molecule has 0 radical (unpaired) electrons. The van der Waals surface area contributed by atoms with Crippen LogP contribution in [0.4, 0.5) is 0 Å². The molecule has 3 aromatic heterocycles. The summed E-state index contributed by atoms with van der Waals surface area (Å²) in [7, 11) is 0. The Balaban J connectivity index is 0.000000166. The molecule has 0 aliphatic carbocycles. The first-order valence-electron chi connectivity index (χ1n) is 21.4. The van der Waals surface area contributed by atoms with Crippen LogP contribution in [0.2, 0.25) is 0 Å². The number of thiazole rings is 2. The van der Waals surface area contributed by atoms with Gasteiger partial charge in [-0.15, -0.1) is 113 Å². The van der Waals surface area contributed by atoms with Crippen molar-refractivity contribution in [3.8, 4) is 38.1 Å². The van der Waals surface area contributed by atoms with E-state index >= 15 is 0 Å². The van der Waals surface area contributed by atoms with Crippen molar-refractivity contribution >= 4 is 54.7 Å². The topological polar surface area (TPSA) is 47.9 Å². The Bertz CT molecular complexity index is 2790. The summed E-state index contributed by atoms with van der Waals surface area (Å²) in [6.45, 7) is 5.19. The number of hydrogen-bond acceptors (Lipinski definition) is 6. The Morgan fingerprint density at radius 3 is 1.68 bits per heavy atom. The van der Waals surface area contributed by atoms with Crippen molar-refractivity contribution in [1.29, 1.82) is 0 Å². The van der Waals surface area contributed by atoms with Gasteiger partial charge >= 0.3 is 20.1 Å². The van der Waals surface area contributed by atoms with Crippen LogP contribution in [0, 0.1) is 24.1 Å². The summed E-state index contributed by atoms with van der Waals surface area (Å²) in [6.07, 6.45) is 4.04. The van der Waals surface area contributed by atoms with Crippen LogP contribution in [0.15, 0.2) is 188 Å². The zero-order valence-electron chi connectivity index (χ0n) is 36.2. The van der Waals surface area contributed by atoms with Crippen molar-refractivity contribution in [2.45, 2.75) is 45.1 Å². The van der Waals surface area contributed by atoms with Crippen LogP contribution in [-0.2, 0) is 39.0 Å². The molecule has 2 unspecified atom stereocenters. The summed E-state index contributed by atoms with van der Waals surface area (Å²) in [6, 6.07) is 71.1. The first-order chi connectivity index (χ1) is 31.5. The molecule has 10 aromatic rings. The molecule has 65 heavy (non-hydrogen) atoms. The summed E-state index contributed by atoms with van der Waals surface area (Å²) in [5, 5.41) is 2.08. The molecule has 4 nitrogen and oxygen atoms in total. The predicted molar refractivity (Wildman–Crippen MR) is 269 cm³/mol. The second kappa shape index (κ2) is 23.9. The average Bonchev–Trinajstić information content (AvgIpc) is 4.01. The molecule has 2 atom stereocenters. The number of halogens is 1. The fourth-order valence-corrected chi connectivity index (χ4v) is 9.42. The van der Waals surface area contributed by atoms with Crippen LogP contribution in [0.25, 0.3) is 52.8 Å². The minimum atomic E-state index is 0. The summed E-state index contributed by atoms with van der Waals surface area (Å²) in [4.78, 5) is 13.5. The second-order valence-corrected chi connectivity index (χ2v) is 17.9. The number of aromatic nitrogens is 3. The smallest absolute Gasteiger partial charge is 0.508 e. The van der Waals surface area contributed by atoms with Crippen LogP contribution in [0.5, 0.6) is 5.75 Å². The van der Waals surface area contributed by atoms with Gasteiger partial charge in [0.2, 0.25) is 0 Å². The maximum Gasteiger partial charge on any atom is 3.00 e. The van der Waals surface area contributed by atoms with Gasteiger partial charge in [-0.05, 0) is 83.0 Å². The standard InChI is InChI=1S/C31H31ClNO.2C13H8NS.Ir/c1-23(19-25-9-11-26(21-32)12-10-25)18-24(2)28-15-13-27(14-16-28)22-34-30-7-5-6-29(20-30)31-8-3-4-17-33-31;2*1-2-6-10(7-3-1)13-14-11-8-4-5-9-12(11)15-13;/h3-5,7-17,20,23-24H,18-19,21-22H2,1-2H3;2*1-6,8-9H;/q3*-1;+3. The van der Waals surface area contributed by atoms with Crippen LogP contribution in [-0.4, -0.2) is 15.0 Å². The minimum Gasteiger partial charge on any atom is -0.508 e. The molecular formula is C57H47ClIrN3OS2. The van der Waals surface area contributed by atoms with E-state index in [0.717, 1.165) is 67.6 Å². The van der Waals surface area contributed by atoms with E-state index in [9.17, 15) is 0 Å². The molecule has 0 saturated carbocycles. The molecular weight excluding hydrogens is 1030 g/mol. The quantitative estimate of drug-likeness (QED) is 0.0904. The van der Waals surface area contributed by atoms with Gasteiger partial charge in [0.1, 0.15) is 6.61 Å². The zero-order chi connectivity index (χ0) is 43.9. The Labute approximate surface area is 409 Å². The van der Waals surface area contributed by atoms with E-state index in [1.54, 1.807) is 28.9 Å². The third-order valence-corrected chi connectivity index (χ3v) is 13.1. The molecule has 0 aliphatic heterocycles. The zero-order valence-corrected chi connectivity index (χ0v) is 40.9. The van der Waals surface area contributed by atoms with E-state index in [4.69, 9.17) is 16.3 Å². The molecule has 3 heterocycles. The van der Waals surface area contributed by atoms with Gasteiger partial charge in [0.05, 0.1) is 11.0 Å². The molecule has 0 amide bonds. The van der Waals surface area contributed by atoms with Crippen molar-refractivity contribution in [1.82, 2.24) is 15.0 Å². The first kappa shape index (κ1) is 47.2. The van der Waals surface area contributed by atoms with Gasteiger partial charge < -0.3 is 9.72 Å². The van der Waals surface area contributed by atoms with Gasteiger partial charge in [-0.2, -0.15) is 22.7 Å². The molecule has 0 bridgehead atoms. The molecule has 324 valence electrons. The van der Waals surface area contributed by atoms with E-state index in [0.29, 0.717) is 24.3 Å². The fraction of sp³-hybridized carbons (Fsp3) is 0.140. The SMILES string of the molecule is CC(Cc1ccc(CCl)cc1)CC(C)c1ccc(COc2cc[c-]c(-c3ccccn3)c2)cc1.[Ir+3].[c-]1ccccc1-c1nc2ccccc2s1.[c-]1ccccc1-c1nc2ccccc2s1. The Morgan fingerprint density at radius 1 is 0.569 bits per heavy atom. The second-order valence-electron chi connectivity index (χ2n) is 15.6. The van der Waals surface area contributed by atoms with E-state index in [2.05, 4.69) is 108 Å². The summed E-state index contributed by atoms with van der Waals surface area (Å²) in [5.41, 5.74) is 11.2. The van der Waals surface area contributed by atoms with Crippen molar-refractivity contribution in [3.63, 3.8) is 0 Å². The molecule has 0 spiro atoms. The van der Waals surface area contributed by atoms with Gasteiger partial charge in [0, 0.05) is 37.2 Å². The summed E-state index contributed by atoms with van der Waals surface area (Å²) < 4.78 is 8.50. The normalized spacial score (nSPS) is 11.6. The number of hydrogen-bond donors (Lipinski definition) is 0. The maximum atomic E-state index is 6.05. The van der Waals surface area contributed by atoms with Crippen LogP contribution in [0.1, 0.15) is 48.4 Å². The summed E-state index contributed by atoms with van der Waals surface area (Å²) >= 11 is 9.32. The van der Waals surface area contributed by atoms with Gasteiger partial charge in [-0.1, -0.05) is 98.8 Å².